The van der Waals surface area contributed by atoms with Gasteiger partial charge in [-0.25, -0.2) is 4.79 Å². The quantitative estimate of drug-likeness (QED) is 0.781. The maximum Gasteiger partial charge on any atom is 0.321 e. The van der Waals surface area contributed by atoms with Crippen molar-refractivity contribution in [2.45, 2.75) is 20.8 Å². The number of carbonyl (C=O) groups is 1. The number of urea groups is 1. The van der Waals surface area contributed by atoms with E-state index in [4.69, 9.17) is 11.6 Å². The van der Waals surface area contributed by atoms with Gasteiger partial charge in [0.05, 0.1) is 13.2 Å². The van der Waals surface area contributed by atoms with E-state index in [1.165, 1.54) is 4.90 Å². The molecule has 5 nitrogen and oxygen atoms in total. The SMILES string of the molecule is Cc1cc(Cl)cc(C)c1NC(=O)N(C)CC(C)(CO)CO. The first-order valence-corrected chi connectivity index (χ1v) is 7.11. The van der Waals surface area contributed by atoms with Crippen molar-refractivity contribution in [1.29, 1.82) is 0 Å². The molecule has 0 saturated heterocycles. The number of anilines is 1. The van der Waals surface area contributed by atoms with E-state index in [0.29, 0.717) is 5.02 Å². The van der Waals surface area contributed by atoms with Gasteiger partial charge in [0.15, 0.2) is 0 Å². The van der Waals surface area contributed by atoms with Crippen LogP contribution in [0, 0.1) is 19.3 Å². The Balaban J connectivity index is 2.82. The van der Waals surface area contributed by atoms with Crippen LogP contribution in [0.5, 0.6) is 0 Å². The second-order valence-corrected chi connectivity index (χ2v) is 6.26. The minimum Gasteiger partial charge on any atom is -0.396 e. The third kappa shape index (κ3) is 4.59. The fraction of sp³-hybridized carbons (Fsp3) is 0.533. The van der Waals surface area contributed by atoms with Crippen LogP contribution in [0.15, 0.2) is 12.1 Å². The highest BCUT2D eigenvalue weighted by Crippen LogP contribution is 2.25. The summed E-state index contributed by atoms with van der Waals surface area (Å²) in [6, 6.07) is 3.28. The Morgan fingerprint density at radius 1 is 1.29 bits per heavy atom. The number of rotatable bonds is 5. The third-order valence-corrected chi connectivity index (χ3v) is 3.68. The van der Waals surface area contributed by atoms with E-state index in [2.05, 4.69) is 5.32 Å². The Labute approximate surface area is 130 Å². The highest BCUT2D eigenvalue weighted by molar-refractivity contribution is 6.30. The lowest BCUT2D eigenvalue weighted by Crippen LogP contribution is -2.43. The van der Waals surface area contributed by atoms with E-state index >= 15 is 0 Å². The lowest BCUT2D eigenvalue weighted by molar-refractivity contribution is 0.0509. The van der Waals surface area contributed by atoms with Crippen LogP contribution in [-0.2, 0) is 0 Å². The van der Waals surface area contributed by atoms with Gasteiger partial charge in [-0.1, -0.05) is 18.5 Å². The van der Waals surface area contributed by atoms with E-state index in [-0.39, 0.29) is 25.8 Å². The van der Waals surface area contributed by atoms with Crippen LogP contribution in [0.4, 0.5) is 10.5 Å². The average molecular weight is 315 g/mol. The smallest absolute Gasteiger partial charge is 0.321 e. The number of halogens is 1. The summed E-state index contributed by atoms with van der Waals surface area (Å²) in [5.41, 5.74) is 1.77. The summed E-state index contributed by atoms with van der Waals surface area (Å²) in [6.07, 6.45) is 0. The molecule has 1 aromatic carbocycles. The zero-order valence-corrected chi connectivity index (χ0v) is 13.7. The molecular weight excluding hydrogens is 292 g/mol. The fourth-order valence-electron chi connectivity index (χ4n) is 2.10. The average Bonchev–Trinajstić information content (AvgIpc) is 2.42. The van der Waals surface area contributed by atoms with Crippen LogP contribution < -0.4 is 5.32 Å². The predicted molar refractivity (Wildman–Crippen MR) is 84.9 cm³/mol. The molecule has 0 heterocycles. The number of aliphatic hydroxyl groups excluding tert-OH is 2. The van der Waals surface area contributed by atoms with Crippen molar-refractivity contribution in [2.75, 3.05) is 32.1 Å². The standard InChI is InChI=1S/C15H23ClN2O3/c1-10-5-12(16)6-11(2)13(10)17-14(21)18(4)7-15(3,8-19)9-20/h5-6,19-20H,7-9H2,1-4H3,(H,17,21). The van der Waals surface area contributed by atoms with Crippen molar-refractivity contribution < 1.29 is 15.0 Å². The van der Waals surface area contributed by atoms with Crippen molar-refractivity contribution in [3.8, 4) is 0 Å². The molecule has 0 atom stereocenters. The van der Waals surface area contributed by atoms with Gasteiger partial charge in [0, 0.05) is 29.7 Å². The van der Waals surface area contributed by atoms with Crippen molar-refractivity contribution in [3.63, 3.8) is 0 Å². The zero-order valence-electron chi connectivity index (χ0n) is 12.9. The van der Waals surface area contributed by atoms with Crippen LogP contribution in [0.25, 0.3) is 0 Å². The number of nitrogens with zero attached hydrogens (tertiary/aromatic N) is 1. The van der Waals surface area contributed by atoms with Crippen molar-refractivity contribution >= 4 is 23.3 Å². The Kier molecular flexibility index (Phi) is 6.01. The summed E-state index contributed by atoms with van der Waals surface area (Å²) in [7, 11) is 1.62. The summed E-state index contributed by atoms with van der Waals surface area (Å²) >= 11 is 5.97. The van der Waals surface area contributed by atoms with Gasteiger partial charge in [0.25, 0.3) is 0 Å². The molecule has 0 aliphatic carbocycles. The number of aryl methyl sites for hydroxylation is 2. The lowest BCUT2D eigenvalue weighted by Gasteiger charge is -2.30. The second-order valence-electron chi connectivity index (χ2n) is 5.83. The van der Waals surface area contributed by atoms with Gasteiger partial charge in [0.1, 0.15) is 0 Å². The summed E-state index contributed by atoms with van der Waals surface area (Å²) < 4.78 is 0. The zero-order chi connectivity index (χ0) is 16.2. The molecular formula is C15H23ClN2O3. The third-order valence-electron chi connectivity index (χ3n) is 3.46. The van der Waals surface area contributed by atoms with Crippen LogP contribution in [-0.4, -0.2) is 48.0 Å². The highest BCUT2D eigenvalue weighted by Gasteiger charge is 2.26. The number of carbonyl (C=O) groups excluding carboxylic acids is 1. The molecule has 0 aromatic heterocycles. The molecule has 0 aliphatic heterocycles. The molecule has 6 heteroatoms. The molecule has 0 aliphatic rings. The number of hydrogen-bond donors (Lipinski definition) is 3. The molecule has 1 rings (SSSR count). The first-order valence-electron chi connectivity index (χ1n) is 6.73. The molecule has 118 valence electrons. The Hall–Kier alpha value is -1.30. The second kappa shape index (κ2) is 7.11. The van der Waals surface area contributed by atoms with Crippen molar-refractivity contribution in [1.82, 2.24) is 4.90 Å². The molecule has 0 unspecified atom stereocenters. The van der Waals surface area contributed by atoms with Gasteiger partial charge in [-0.05, 0) is 37.1 Å². The lowest BCUT2D eigenvalue weighted by atomic mass is 9.92. The predicted octanol–water partition coefficient (Wildman–Crippen LogP) is 2.41. The maximum atomic E-state index is 12.2. The number of hydrogen-bond acceptors (Lipinski definition) is 3. The van der Waals surface area contributed by atoms with Gasteiger partial charge in [-0.3, -0.25) is 0 Å². The van der Waals surface area contributed by atoms with Crippen LogP contribution in [0.3, 0.4) is 0 Å². The largest absolute Gasteiger partial charge is 0.396 e. The Morgan fingerprint density at radius 3 is 2.19 bits per heavy atom. The molecule has 21 heavy (non-hydrogen) atoms. The van der Waals surface area contributed by atoms with Gasteiger partial charge in [0.2, 0.25) is 0 Å². The molecule has 0 fully saturated rings. The maximum absolute atomic E-state index is 12.2. The molecule has 0 radical (unpaired) electrons. The number of amides is 2. The van der Waals surface area contributed by atoms with Crippen LogP contribution in [0.1, 0.15) is 18.1 Å². The van der Waals surface area contributed by atoms with Gasteiger partial charge in [-0.2, -0.15) is 0 Å². The minimum atomic E-state index is -0.726. The fourth-order valence-corrected chi connectivity index (χ4v) is 2.43. The Morgan fingerprint density at radius 2 is 1.76 bits per heavy atom. The van der Waals surface area contributed by atoms with Gasteiger partial charge < -0.3 is 20.4 Å². The molecule has 2 amide bonds. The van der Waals surface area contributed by atoms with Crippen LogP contribution in [0.2, 0.25) is 5.02 Å². The van der Waals surface area contributed by atoms with Crippen molar-refractivity contribution in [2.24, 2.45) is 5.41 Å². The highest BCUT2D eigenvalue weighted by atomic mass is 35.5. The minimum absolute atomic E-state index is 0.194. The topological polar surface area (TPSA) is 72.8 Å². The summed E-state index contributed by atoms with van der Waals surface area (Å²) in [5.74, 6) is 0. The number of nitrogens with one attached hydrogen (secondary N) is 1. The monoisotopic (exact) mass is 314 g/mol. The molecule has 3 N–H and O–H groups in total. The molecule has 0 bridgehead atoms. The van der Waals surface area contributed by atoms with E-state index in [1.54, 1.807) is 26.1 Å². The summed E-state index contributed by atoms with van der Waals surface area (Å²) in [4.78, 5) is 13.7. The summed E-state index contributed by atoms with van der Waals surface area (Å²) in [6.45, 7) is 5.33. The summed E-state index contributed by atoms with van der Waals surface area (Å²) in [5, 5.41) is 22.1. The number of aliphatic hydroxyl groups is 2. The van der Waals surface area contributed by atoms with Crippen LogP contribution >= 0.6 is 11.6 Å². The van der Waals surface area contributed by atoms with E-state index in [1.807, 2.05) is 13.8 Å². The van der Waals surface area contributed by atoms with Crippen molar-refractivity contribution in [3.05, 3.63) is 28.3 Å². The van der Waals surface area contributed by atoms with E-state index in [0.717, 1.165) is 16.8 Å². The molecule has 0 saturated carbocycles. The normalized spacial score (nSPS) is 11.4. The molecule has 0 spiro atoms. The first-order chi connectivity index (χ1) is 9.72. The Bertz CT molecular complexity index is 493. The number of benzene rings is 1. The van der Waals surface area contributed by atoms with E-state index in [9.17, 15) is 15.0 Å². The van der Waals surface area contributed by atoms with E-state index < -0.39 is 5.41 Å². The first kappa shape index (κ1) is 17.8. The van der Waals surface area contributed by atoms with Gasteiger partial charge in [-0.15, -0.1) is 0 Å². The van der Waals surface area contributed by atoms with Gasteiger partial charge >= 0.3 is 6.03 Å². The molecule has 1 aromatic rings.